The number of hydrogen-bond acceptors (Lipinski definition) is 7. The molecule has 0 bridgehead atoms. The van der Waals surface area contributed by atoms with Crippen LogP contribution in [0.25, 0.3) is 16.8 Å². The zero-order valence-corrected chi connectivity index (χ0v) is 22.5. The summed E-state index contributed by atoms with van der Waals surface area (Å²) in [5.74, 6) is 0.892. The summed E-state index contributed by atoms with van der Waals surface area (Å²) >= 11 is 1.29. The number of rotatable bonds is 7. The number of hydrogen-bond donors (Lipinski definition) is 0. The van der Waals surface area contributed by atoms with Crippen LogP contribution in [-0.4, -0.2) is 30.9 Å². The predicted octanol–water partition coefficient (Wildman–Crippen LogP) is 4.36. The van der Waals surface area contributed by atoms with E-state index in [9.17, 15) is 9.59 Å². The van der Waals surface area contributed by atoms with E-state index in [1.54, 1.807) is 25.5 Å². The average Bonchev–Trinajstić information content (AvgIpc) is 3.23. The Morgan fingerprint density at radius 3 is 2.53 bits per heavy atom. The lowest BCUT2D eigenvalue weighted by molar-refractivity contribution is -0.139. The second kappa shape index (κ2) is 10.7. The number of fused-ring (bicyclic) bond motifs is 2. The molecule has 4 aromatic rings. The van der Waals surface area contributed by atoms with E-state index in [2.05, 4.69) is 4.99 Å². The molecule has 1 aliphatic rings. The maximum atomic E-state index is 14.0. The number of ether oxygens (including phenoxy) is 3. The minimum Gasteiger partial charge on any atom is -0.496 e. The van der Waals surface area contributed by atoms with Crippen LogP contribution < -0.4 is 24.4 Å². The largest absolute Gasteiger partial charge is 0.496 e. The van der Waals surface area contributed by atoms with Gasteiger partial charge in [0.2, 0.25) is 0 Å². The molecule has 1 atom stereocenters. The highest BCUT2D eigenvalue weighted by Gasteiger charge is 2.33. The fourth-order valence-electron chi connectivity index (χ4n) is 4.75. The molecule has 2 heterocycles. The Morgan fingerprint density at radius 1 is 1.05 bits per heavy atom. The van der Waals surface area contributed by atoms with Gasteiger partial charge in [-0.1, -0.05) is 53.8 Å². The maximum absolute atomic E-state index is 14.0. The molecule has 194 valence electrons. The van der Waals surface area contributed by atoms with Crippen molar-refractivity contribution in [2.45, 2.75) is 26.8 Å². The Morgan fingerprint density at radius 2 is 1.82 bits per heavy atom. The number of aromatic nitrogens is 1. The molecule has 1 aliphatic heterocycles. The second-order valence-corrected chi connectivity index (χ2v) is 9.72. The first kappa shape index (κ1) is 25.5. The lowest BCUT2D eigenvalue weighted by Gasteiger charge is -2.24. The van der Waals surface area contributed by atoms with Crippen LogP contribution in [0.4, 0.5) is 0 Å². The zero-order chi connectivity index (χ0) is 26.8. The van der Waals surface area contributed by atoms with Gasteiger partial charge in [-0.2, -0.15) is 0 Å². The van der Waals surface area contributed by atoms with E-state index in [1.165, 1.54) is 11.3 Å². The molecule has 3 aromatic carbocycles. The number of benzene rings is 3. The monoisotopic (exact) mass is 528 g/mol. The van der Waals surface area contributed by atoms with Crippen molar-refractivity contribution in [1.29, 1.82) is 0 Å². The number of carbonyl (C=O) groups is 1. The van der Waals surface area contributed by atoms with Crippen molar-refractivity contribution in [2.24, 2.45) is 4.99 Å². The van der Waals surface area contributed by atoms with E-state index < -0.39 is 12.0 Å². The van der Waals surface area contributed by atoms with Crippen molar-refractivity contribution in [3.8, 4) is 11.5 Å². The Hall–Kier alpha value is -4.17. The number of methoxy groups -OCH3 is 1. The van der Waals surface area contributed by atoms with Crippen molar-refractivity contribution >= 4 is 34.2 Å². The fraction of sp³-hybridized carbons (Fsp3) is 0.233. The molecule has 5 rings (SSSR count). The van der Waals surface area contributed by atoms with Crippen LogP contribution in [0, 0.1) is 0 Å². The number of thiazole rings is 1. The van der Waals surface area contributed by atoms with Gasteiger partial charge in [-0.25, -0.2) is 9.79 Å². The Bertz CT molecular complexity index is 1730. The van der Waals surface area contributed by atoms with Gasteiger partial charge >= 0.3 is 5.97 Å². The van der Waals surface area contributed by atoms with Crippen LogP contribution in [0.3, 0.4) is 0 Å². The standard InChI is InChI=1S/C30H28N2O5S/c1-5-36-21-14-11-20(12-15-21)27-26(29(34)37-6-2)18(3)31-30-32(27)28(33)25(38-30)17-23-22-10-8-7-9-19(22)13-16-24(23)35-4/h7-17,27H,5-6H2,1-4H3/t27-/m1/s1. The molecule has 8 heteroatoms. The summed E-state index contributed by atoms with van der Waals surface area (Å²) in [4.78, 5) is 32.3. The predicted molar refractivity (Wildman–Crippen MR) is 149 cm³/mol. The van der Waals surface area contributed by atoms with E-state index in [0.29, 0.717) is 38.7 Å². The van der Waals surface area contributed by atoms with Crippen molar-refractivity contribution in [1.82, 2.24) is 4.57 Å². The lowest BCUT2D eigenvalue weighted by Crippen LogP contribution is -2.39. The molecule has 0 saturated carbocycles. The van der Waals surface area contributed by atoms with Crippen LogP contribution in [0.2, 0.25) is 0 Å². The molecule has 0 aliphatic carbocycles. The molecular weight excluding hydrogens is 500 g/mol. The van der Waals surface area contributed by atoms with Gasteiger partial charge < -0.3 is 14.2 Å². The summed E-state index contributed by atoms with van der Waals surface area (Å²) in [6, 6.07) is 18.6. The normalized spacial score (nSPS) is 15.3. The average molecular weight is 529 g/mol. The summed E-state index contributed by atoms with van der Waals surface area (Å²) in [7, 11) is 1.62. The smallest absolute Gasteiger partial charge is 0.338 e. The third-order valence-electron chi connectivity index (χ3n) is 6.45. The van der Waals surface area contributed by atoms with Crippen LogP contribution in [-0.2, 0) is 9.53 Å². The molecular formula is C30H28N2O5S. The third kappa shape index (κ3) is 4.52. The van der Waals surface area contributed by atoms with Gasteiger partial charge in [0, 0.05) is 5.56 Å². The van der Waals surface area contributed by atoms with E-state index in [1.807, 2.05) is 73.7 Å². The van der Waals surface area contributed by atoms with E-state index >= 15 is 0 Å². The SMILES string of the molecule is CCOC(=O)C1=C(C)N=c2sc(=Cc3c(OC)ccc4ccccc34)c(=O)n2[C@@H]1c1ccc(OCC)cc1. The molecule has 0 N–H and O–H groups in total. The Balaban J connectivity index is 1.75. The molecule has 0 saturated heterocycles. The zero-order valence-electron chi connectivity index (χ0n) is 21.7. The van der Waals surface area contributed by atoms with Crippen molar-refractivity contribution in [2.75, 3.05) is 20.3 Å². The topological polar surface area (TPSA) is 79.1 Å². The van der Waals surface area contributed by atoms with E-state index in [-0.39, 0.29) is 12.2 Å². The lowest BCUT2D eigenvalue weighted by atomic mass is 9.96. The first-order valence-electron chi connectivity index (χ1n) is 12.4. The highest BCUT2D eigenvalue weighted by Crippen LogP contribution is 2.32. The Labute approximate surface area is 223 Å². The molecule has 38 heavy (non-hydrogen) atoms. The van der Waals surface area contributed by atoms with Crippen LogP contribution >= 0.6 is 11.3 Å². The summed E-state index contributed by atoms with van der Waals surface area (Å²) in [6.07, 6.45) is 1.85. The van der Waals surface area contributed by atoms with Gasteiger partial charge in [0.05, 0.1) is 42.2 Å². The second-order valence-electron chi connectivity index (χ2n) is 8.71. The minimum absolute atomic E-state index is 0.219. The van der Waals surface area contributed by atoms with Crippen molar-refractivity contribution in [3.05, 3.63) is 103 Å². The fourth-order valence-corrected chi connectivity index (χ4v) is 5.78. The molecule has 0 unspecified atom stereocenters. The minimum atomic E-state index is -0.683. The van der Waals surface area contributed by atoms with Crippen molar-refractivity contribution < 1.29 is 19.0 Å². The van der Waals surface area contributed by atoms with E-state index in [0.717, 1.165) is 21.9 Å². The van der Waals surface area contributed by atoms with Gasteiger partial charge in [-0.05, 0) is 61.4 Å². The Kier molecular flexibility index (Phi) is 7.15. The van der Waals surface area contributed by atoms with Crippen LogP contribution in [0.5, 0.6) is 11.5 Å². The summed E-state index contributed by atoms with van der Waals surface area (Å²) < 4.78 is 18.7. The van der Waals surface area contributed by atoms with Crippen LogP contribution in [0.15, 0.2) is 81.7 Å². The molecule has 0 radical (unpaired) electrons. The third-order valence-corrected chi connectivity index (χ3v) is 7.43. The number of esters is 1. The van der Waals surface area contributed by atoms with E-state index in [4.69, 9.17) is 14.2 Å². The van der Waals surface area contributed by atoms with Gasteiger partial charge in [-0.3, -0.25) is 9.36 Å². The van der Waals surface area contributed by atoms with Gasteiger partial charge in [0.1, 0.15) is 11.5 Å². The summed E-state index contributed by atoms with van der Waals surface area (Å²) in [5, 5.41) is 2.02. The number of allylic oxidation sites excluding steroid dienone is 1. The van der Waals surface area contributed by atoms with Gasteiger partial charge in [0.15, 0.2) is 4.80 Å². The molecule has 7 nitrogen and oxygen atoms in total. The van der Waals surface area contributed by atoms with Gasteiger partial charge in [0.25, 0.3) is 5.56 Å². The van der Waals surface area contributed by atoms with Crippen LogP contribution in [0.1, 0.15) is 37.9 Å². The van der Waals surface area contributed by atoms with Gasteiger partial charge in [-0.15, -0.1) is 0 Å². The first-order chi connectivity index (χ1) is 18.5. The summed E-state index contributed by atoms with van der Waals surface area (Å²) in [6.45, 7) is 6.21. The maximum Gasteiger partial charge on any atom is 0.338 e. The molecule has 0 amide bonds. The highest BCUT2D eigenvalue weighted by molar-refractivity contribution is 7.07. The number of carbonyl (C=O) groups excluding carboxylic acids is 1. The van der Waals surface area contributed by atoms with Crippen molar-refractivity contribution in [3.63, 3.8) is 0 Å². The molecule has 0 spiro atoms. The quantitative estimate of drug-likeness (QED) is 0.333. The number of nitrogens with zero attached hydrogens (tertiary/aromatic N) is 2. The molecule has 1 aromatic heterocycles. The highest BCUT2D eigenvalue weighted by atomic mass is 32.1. The molecule has 0 fully saturated rings. The first-order valence-corrected chi connectivity index (χ1v) is 13.3. The summed E-state index contributed by atoms with van der Waals surface area (Å²) in [5.41, 5.74) is 2.21.